The van der Waals surface area contributed by atoms with Crippen LogP contribution in [0.3, 0.4) is 0 Å². The maximum absolute atomic E-state index is 11.7. The van der Waals surface area contributed by atoms with E-state index in [2.05, 4.69) is 24.5 Å². The fraction of sp³-hybridized carbons (Fsp3) is 0.556. The fourth-order valence-corrected chi connectivity index (χ4v) is 1.63. The van der Waals surface area contributed by atoms with Crippen LogP contribution in [0.1, 0.15) is 12.6 Å². The summed E-state index contributed by atoms with van der Waals surface area (Å²) in [6, 6.07) is 0. The third kappa shape index (κ3) is 2.73. The summed E-state index contributed by atoms with van der Waals surface area (Å²) in [5, 5.41) is 0. The minimum atomic E-state index is 0.0479. The fourth-order valence-electron chi connectivity index (χ4n) is 1.07. The summed E-state index contributed by atoms with van der Waals surface area (Å²) in [4.78, 5) is 15.9. The van der Waals surface area contributed by atoms with Gasteiger partial charge in [0.05, 0.1) is 15.6 Å². The van der Waals surface area contributed by atoms with Crippen molar-refractivity contribution in [2.75, 3.05) is 5.75 Å². The summed E-state index contributed by atoms with van der Waals surface area (Å²) in [7, 11) is 0. The Morgan fingerprint density at radius 3 is 2.93 bits per heavy atom. The molecular formula is C9H13IN2OS. The largest absolute Gasteiger partial charge is 0.298 e. The van der Waals surface area contributed by atoms with Crippen LogP contribution in [0, 0.1) is 16.4 Å². The van der Waals surface area contributed by atoms with Gasteiger partial charge >= 0.3 is 0 Å². The van der Waals surface area contributed by atoms with Gasteiger partial charge in [0, 0.05) is 6.54 Å². The van der Waals surface area contributed by atoms with Crippen LogP contribution in [-0.2, 0) is 6.54 Å². The molecule has 0 aliphatic heterocycles. The van der Waals surface area contributed by atoms with E-state index in [1.807, 2.05) is 29.5 Å². The highest BCUT2D eigenvalue weighted by Gasteiger charge is 2.07. The molecule has 0 N–H and O–H groups in total. The molecule has 0 saturated heterocycles. The molecule has 0 spiro atoms. The van der Waals surface area contributed by atoms with Crippen molar-refractivity contribution in [1.29, 1.82) is 0 Å². The molecule has 0 amide bonds. The molecule has 1 rings (SSSR count). The van der Waals surface area contributed by atoms with Crippen LogP contribution >= 0.6 is 35.2 Å². The zero-order valence-electron chi connectivity index (χ0n) is 8.20. The third-order valence-corrected chi connectivity index (χ3v) is 3.84. The van der Waals surface area contributed by atoms with Gasteiger partial charge in [-0.3, -0.25) is 9.36 Å². The normalized spacial score (nSPS) is 12.9. The first-order valence-electron chi connectivity index (χ1n) is 4.38. The van der Waals surface area contributed by atoms with Gasteiger partial charge in [-0.2, -0.15) is 12.6 Å². The SMILES string of the molecule is Cc1ncn(CC(C)CS)c(=O)c1I. The molecule has 0 saturated carbocycles. The summed E-state index contributed by atoms with van der Waals surface area (Å²) in [6.45, 7) is 4.59. The van der Waals surface area contributed by atoms with Crippen LogP contribution in [0.15, 0.2) is 11.1 Å². The van der Waals surface area contributed by atoms with Crippen molar-refractivity contribution in [3.05, 3.63) is 25.9 Å². The first-order valence-corrected chi connectivity index (χ1v) is 6.09. The van der Waals surface area contributed by atoms with E-state index >= 15 is 0 Å². The number of hydrogen-bond acceptors (Lipinski definition) is 3. The minimum Gasteiger partial charge on any atom is -0.298 e. The first-order chi connectivity index (χ1) is 6.56. The lowest BCUT2D eigenvalue weighted by atomic mass is 10.2. The Morgan fingerprint density at radius 2 is 2.36 bits per heavy atom. The summed E-state index contributed by atoms with van der Waals surface area (Å²) >= 11 is 6.23. The standard InChI is InChI=1S/C9H13IN2OS/c1-6(4-14)3-12-5-11-7(2)8(10)9(12)13/h5-6,14H,3-4H2,1-2H3. The second-order valence-electron chi connectivity index (χ2n) is 3.39. The molecule has 0 aromatic carbocycles. The van der Waals surface area contributed by atoms with Crippen LogP contribution in [-0.4, -0.2) is 15.3 Å². The van der Waals surface area contributed by atoms with Gasteiger partial charge in [-0.15, -0.1) is 0 Å². The van der Waals surface area contributed by atoms with Crippen LogP contribution in [0.5, 0.6) is 0 Å². The van der Waals surface area contributed by atoms with Gasteiger partial charge in [-0.25, -0.2) is 4.98 Å². The molecule has 1 heterocycles. The van der Waals surface area contributed by atoms with E-state index in [0.717, 1.165) is 11.4 Å². The van der Waals surface area contributed by atoms with E-state index in [-0.39, 0.29) is 5.56 Å². The molecule has 0 aliphatic carbocycles. The Balaban J connectivity index is 3.00. The Kier molecular flexibility index (Phi) is 4.43. The van der Waals surface area contributed by atoms with Crippen molar-refractivity contribution >= 4 is 35.2 Å². The van der Waals surface area contributed by atoms with Crippen molar-refractivity contribution in [2.24, 2.45) is 5.92 Å². The number of rotatable bonds is 3. The number of hydrogen-bond donors (Lipinski definition) is 1. The van der Waals surface area contributed by atoms with Gasteiger partial charge in [0.25, 0.3) is 5.56 Å². The molecule has 0 fully saturated rings. The predicted octanol–water partition coefficient (Wildman–Crippen LogP) is 1.72. The molecule has 3 nitrogen and oxygen atoms in total. The van der Waals surface area contributed by atoms with Crippen LogP contribution in [0.4, 0.5) is 0 Å². The maximum Gasteiger partial charge on any atom is 0.267 e. The van der Waals surface area contributed by atoms with E-state index < -0.39 is 0 Å². The number of aryl methyl sites for hydroxylation is 1. The summed E-state index contributed by atoms with van der Waals surface area (Å²) < 4.78 is 2.35. The Labute approximate surface area is 102 Å². The highest BCUT2D eigenvalue weighted by atomic mass is 127. The Hall–Kier alpha value is -0.0400. The van der Waals surface area contributed by atoms with E-state index in [0.29, 0.717) is 16.0 Å². The summed E-state index contributed by atoms with van der Waals surface area (Å²) in [5.74, 6) is 1.16. The first kappa shape index (κ1) is 12.0. The van der Waals surface area contributed by atoms with Crippen molar-refractivity contribution < 1.29 is 0 Å². The lowest BCUT2D eigenvalue weighted by Crippen LogP contribution is -2.26. The molecule has 5 heteroatoms. The second kappa shape index (κ2) is 5.16. The van der Waals surface area contributed by atoms with Gasteiger partial charge in [0.2, 0.25) is 0 Å². The highest BCUT2D eigenvalue weighted by Crippen LogP contribution is 2.04. The Bertz CT molecular complexity index is 378. The van der Waals surface area contributed by atoms with Gasteiger partial charge in [-0.1, -0.05) is 6.92 Å². The summed E-state index contributed by atoms with van der Waals surface area (Å²) in [5.41, 5.74) is 0.845. The van der Waals surface area contributed by atoms with Crippen LogP contribution in [0.25, 0.3) is 0 Å². The van der Waals surface area contributed by atoms with E-state index in [4.69, 9.17) is 0 Å². The predicted molar refractivity (Wildman–Crippen MR) is 69.0 cm³/mol. The molecule has 0 radical (unpaired) electrons. The number of thiol groups is 1. The quantitative estimate of drug-likeness (QED) is 0.679. The molecule has 1 aromatic heterocycles. The van der Waals surface area contributed by atoms with E-state index in [1.165, 1.54) is 0 Å². The topological polar surface area (TPSA) is 34.9 Å². The maximum atomic E-state index is 11.7. The lowest BCUT2D eigenvalue weighted by molar-refractivity contribution is 0.510. The van der Waals surface area contributed by atoms with Crippen molar-refractivity contribution in [3.8, 4) is 0 Å². The second-order valence-corrected chi connectivity index (χ2v) is 4.83. The molecule has 14 heavy (non-hydrogen) atoms. The molecule has 78 valence electrons. The zero-order chi connectivity index (χ0) is 10.7. The molecule has 0 aliphatic rings. The number of aromatic nitrogens is 2. The molecule has 1 unspecified atom stereocenters. The zero-order valence-corrected chi connectivity index (χ0v) is 11.2. The van der Waals surface area contributed by atoms with Gasteiger partial charge in [-0.05, 0) is 41.2 Å². The van der Waals surface area contributed by atoms with Crippen molar-refractivity contribution in [1.82, 2.24) is 9.55 Å². The van der Waals surface area contributed by atoms with Gasteiger partial charge in [0.15, 0.2) is 0 Å². The summed E-state index contributed by atoms with van der Waals surface area (Å²) in [6.07, 6.45) is 1.61. The average Bonchev–Trinajstić information content (AvgIpc) is 2.19. The van der Waals surface area contributed by atoms with Gasteiger partial charge in [0.1, 0.15) is 0 Å². The van der Waals surface area contributed by atoms with Crippen molar-refractivity contribution in [2.45, 2.75) is 20.4 Å². The minimum absolute atomic E-state index is 0.0479. The lowest BCUT2D eigenvalue weighted by Gasteiger charge is -2.10. The number of nitrogens with zero attached hydrogens (tertiary/aromatic N) is 2. The average molecular weight is 324 g/mol. The molecule has 1 atom stereocenters. The van der Waals surface area contributed by atoms with E-state index in [9.17, 15) is 4.79 Å². The Morgan fingerprint density at radius 1 is 1.71 bits per heavy atom. The van der Waals surface area contributed by atoms with Crippen LogP contribution < -0.4 is 5.56 Å². The highest BCUT2D eigenvalue weighted by molar-refractivity contribution is 14.1. The smallest absolute Gasteiger partial charge is 0.267 e. The molecule has 0 bridgehead atoms. The monoisotopic (exact) mass is 324 g/mol. The van der Waals surface area contributed by atoms with Crippen molar-refractivity contribution in [3.63, 3.8) is 0 Å². The van der Waals surface area contributed by atoms with E-state index in [1.54, 1.807) is 10.9 Å². The molecule has 1 aromatic rings. The molecular weight excluding hydrogens is 311 g/mol. The third-order valence-electron chi connectivity index (χ3n) is 1.98. The van der Waals surface area contributed by atoms with Gasteiger partial charge < -0.3 is 0 Å². The number of halogens is 1. The van der Waals surface area contributed by atoms with Crippen LogP contribution in [0.2, 0.25) is 0 Å².